The van der Waals surface area contributed by atoms with E-state index in [1.807, 2.05) is 0 Å². The molecule has 174 valence electrons. The molecular formula is C21H21FN4O5S2. The van der Waals surface area contributed by atoms with E-state index in [-0.39, 0.29) is 17.0 Å². The number of halogens is 1. The maximum atomic E-state index is 13.5. The molecule has 0 unspecified atom stereocenters. The van der Waals surface area contributed by atoms with Crippen LogP contribution in [0, 0.1) is 15.9 Å². The number of aryl methyl sites for hydroxylation is 2. The number of rotatable bonds is 8. The number of thiophene rings is 1. The molecule has 33 heavy (non-hydrogen) atoms. The van der Waals surface area contributed by atoms with Gasteiger partial charge in [-0.3, -0.25) is 24.3 Å². The number of carbonyl (C=O) groups excluding carboxylic acids is 1. The van der Waals surface area contributed by atoms with Gasteiger partial charge in [-0.15, -0.1) is 11.3 Å². The Hall–Kier alpha value is -2.83. The van der Waals surface area contributed by atoms with Crippen LogP contribution in [-0.4, -0.2) is 39.9 Å². The number of benzene rings is 1. The van der Waals surface area contributed by atoms with Crippen molar-refractivity contribution in [3.63, 3.8) is 0 Å². The van der Waals surface area contributed by atoms with Gasteiger partial charge in [-0.05, 0) is 43.4 Å². The molecule has 0 aliphatic heterocycles. The lowest BCUT2D eigenvalue weighted by atomic mass is 9.97. The molecule has 0 atom stereocenters. The third-order valence-electron chi connectivity index (χ3n) is 5.32. The van der Waals surface area contributed by atoms with Gasteiger partial charge in [0, 0.05) is 23.7 Å². The van der Waals surface area contributed by atoms with E-state index in [0.29, 0.717) is 28.5 Å². The Morgan fingerprint density at radius 3 is 2.94 bits per heavy atom. The molecule has 0 saturated carbocycles. The van der Waals surface area contributed by atoms with Gasteiger partial charge in [0.1, 0.15) is 4.83 Å². The van der Waals surface area contributed by atoms with E-state index < -0.39 is 22.3 Å². The predicted octanol–water partition coefficient (Wildman–Crippen LogP) is 3.76. The lowest BCUT2D eigenvalue weighted by molar-refractivity contribution is -0.387. The number of thioether (sulfide) groups is 1. The second-order valence-corrected chi connectivity index (χ2v) is 9.52. The summed E-state index contributed by atoms with van der Waals surface area (Å²) < 4.78 is 20.2. The van der Waals surface area contributed by atoms with Crippen molar-refractivity contribution >= 4 is 50.6 Å². The van der Waals surface area contributed by atoms with E-state index in [4.69, 9.17) is 9.72 Å². The summed E-state index contributed by atoms with van der Waals surface area (Å²) in [5.41, 5.74) is 0.355. The normalized spacial score (nSPS) is 13.2. The maximum absolute atomic E-state index is 13.5. The number of hydrogen-bond acceptors (Lipinski definition) is 8. The minimum Gasteiger partial charge on any atom is -0.383 e. The van der Waals surface area contributed by atoms with E-state index >= 15 is 0 Å². The molecule has 1 amide bonds. The average molecular weight is 493 g/mol. The van der Waals surface area contributed by atoms with Gasteiger partial charge in [0.25, 0.3) is 5.56 Å². The van der Waals surface area contributed by atoms with E-state index in [1.54, 1.807) is 7.11 Å². The molecule has 9 nitrogen and oxygen atoms in total. The third-order valence-corrected chi connectivity index (χ3v) is 7.48. The first-order valence-electron chi connectivity index (χ1n) is 10.3. The van der Waals surface area contributed by atoms with Crippen molar-refractivity contribution in [3.8, 4) is 0 Å². The first-order chi connectivity index (χ1) is 15.9. The molecule has 0 radical (unpaired) electrons. The fourth-order valence-electron chi connectivity index (χ4n) is 3.77. The highest BCUT2D eigenvalue weighted by Gasteiger charge is 2.23. The molecular weight excluding hydrogens is 471 g/mol. The van der Waals surface area contributed by atoms with Crippen molar-refractivity contribution in [2.24, 2.45) is 0 Å². The number of nitrogens with one attached hydrogen (secondary N) is 1. The molecule has 0 bridgehead atoms. The van der Waals surface area contributed by atoms with Crippen LogP contribution < -0.4 is 10.9 Å². The predicted molar refractivity (Wildman–Crippen MR) is 125 cm³/mol. The van der Waals surface area contributed by atoms with Crippen molar-refractivity contribution in [2.45, 2.75) is 37.4 Å². The lowest BCUT2D eigenvalue weighted by Crippen LogP contribution is -2.26. The van der Waals surface area contributed by atoms with Crippen molar-refractivity contribution < 1.29 is 18.8 Å². The minimum atomic E-state index is -0.981. The summed E-state index contributed by atoms with van der Waals surface area (Å²) in [6.45, 7) is 0.620. The smallest absolute Gasteiger partial charge is 0.306 e. The zero-order chi connectivity index (χ0) is 23.5. The standard InChI is InChI=1S/C21H21FN4O5S2/c1-31-9-8-25-20(28)18-13-4-2-3-5-16(13)33-19(18)24-21(25)32-11-17(27)23-12-6-7-14(22)15(10-12)26(29)30/h6-7,10H,2-5,8-9,11H2,1H3,(H,23,27). The zero-order valence-electron chi connectivity index (χ0n) is 17.8. The highest BCUT2D eigenvalue weighted by Crippen LogP contribution is 2.34. The lowest BCUT2D eigenvalue weighted by Gasteiger charge is -2.13. The first-order valence-corrected chi connectivity index (χ1v) is 12.1. The van der Waals surface area contributed by atoms with Crippen LogP contribution in [0.15, 0.2) is 28.2 Å². The number of nitro groups is 1. The SMILES string of the molecule is COCCn1c(SCC(=O)Nc2ccc(F)c([N+](=O)[O-])c2)nc2sc3c(c2c1=O)CCCC3. The van der Waals surface area contributed by atoms with Gasteiger partial charge < -0.3 is 10.1 Å². The summed E-state index contributed by atoms with van der Waals surface area (Å²) in [7, 11) is 1.55. The number of nitrogens with zero attached hydrogens (tertiary/aromatic N) is 3. The summed E-state index contributed by atoms with van der Waals surface area (Å²) in [6.07, 6.45) is 3.97. The third kappa shape index (κ3) is 4.92. The molecule has 1 aliphatic rings. The largest absolute Gasteiger partial charge is 0.383 e. The van der Waals surface area contributed by atoms with Crippen LogP contribution >= 0.6 is 23.1 Å². The summed E-state index contributed by atoms with van der Waals surface area (Å²) >= 11 is 2.63. The van der Waals surface area contributed by atoms with Crippen LogP contribution in [0.25, 0.3) is 10.2 Å². The number of aromatic nitrogens is 2. The van der Waals surface area contributed by atoms with Crippen LogP contribution in [-0.2, 0) is 28.9 Å². The number of fused-ring (bicyclic) bond motifs is 3. The average Bonchev–Trinajstić information content (AvgIpc) is 3.17. The Morgan fingerprint density at radius 1 is 1.39 bits per heavy atom. The number of carbonyl (C=O) groups is 1. The van der Waals surface area contributed by atoms with Gasteiger partial charge in [0.05, 0.1) is 29.2 Å². The van der Waals surface area contributed by atoms with E-state index in [9.17, 15) is 24.1 Å². The number of amides is 1. The van der Waals surface area contributed by atoms with Crippen LogP contribution in [0.5, 0.6) is 0 Å². The molecule has 3 aromatic rings. The van der Waals surface area contributed by atoms with Gasteiger partial charge in [0.15, 0.2) is 5.16 Å². The fourth-order valence-corrected chi connectivity index (χ4v) is 5.90. The van der Waals surface area contributed by atoms with Crippen LogP contribution in [0.1, 0.15) is 23.3 Å². The molecule has 2 aromatic heterocycles. The Kier molecular flexibility index (Phi) is 7.05. The monoisotopic (exact) mass is 492 g/mol. The first kappa shape index (κ1) is 23.3. The molecule has 0 fully saturated rings. The minimum absolute atomic E-state index is 0.0822. The summed E-state index contributed by atoms with van der Waals surface area (Å²) in [5.74, 6) is -1.52. The van der Waals surface area contributed by atoms with Gasteiger partial charge in [0.2, 0.25) is 11.7 Å². The highest BCUT2D eigenvalue weighted by molar-refractivity contribution is 7.99. The van der Waals surface area contributed by atoms with Gasteiger partial charge in [-0.25, -0.2) is 4.98 Å². The number of anilines is 1. The Balaban J connectivity index is 1.57. The van der Waals surface area contributed by atoms with Crippen LogP contribution in [0.3, 0.4) is 0 Å². The number of methoxy groups -OCH3 is 1. The Labute approximate surface area is 196 Å². The van der Waals surface area contributed by atoms with Crippen molar-refractivity contribution in [2.75, 3.05) is 24.8 Å². The molecule has 1 aliphatic carbocycles. The Morgan fingerprint density at radius 2 is 2.18 bits per heavy atom. The fraction of sp³-hybridized carbons (Fsp3) is 0.381. The summed E-state index contributed by atoms with van der Waals surface area (Å²) in [6, 6.07) is 3.14. The van der Waals surface area contributed by atoms with Gasteiger partial charge in [-0.2, -0.15) is 4.39 Å². The maximum Gasteiger partial charge on any atom is 0.306 e. The summed E-state index contributed by atoms with van der Waals surface area (Å²) in [5, 5.41) is 14.5. The quantitative estimate of drug-likeness (QED) is 0.220. The molecule has 2 heterocycles. The van der Waals surface area contributed by atoms with Crippen molar-refractivity contribution in [1.82, 2.24) is 9.55 Å². The van der Waals surface area contributed by atoms with Gasteiger partial charge >= 0.3 is 5.69 Å². The Bertz CT molecular complexity index is 1290. The number of ether oxygens (including phenoxy) is 1. The van der Waals surface area contributed by atoms with Crippen LogP contribution in [0.2, 0.25) is 0 Å². The van der Waals surface area contributed by atoms with E-state index in [2.05, 4.69) is 5.32 Å². The zero-order valence-corrected chi connectivity index (χ0v) is 19.4. The molecule has 4 rings (SSSR count). The number of hydrogen-bond donors (Lipinski definition) is 1. The van der Waals surface area contributed by atoms with Crippen molar-refractivity contribution in [1.29, 1.82) is 0 Å². The van der Waals surface area contributed by atoms with Gasteiger partial charge in [-0.1, -0.05) is 11.8 Å². The molecule has 1 aromatic carbocycles. The summed E-state index contributed by atoms with van der Waals surface area (Å²) in [4.78, 5) is 42.4. The van der Waals surface area contributed by atoms with E-state index in [1.165, 1.54) is 26.8 Å². The molecule has 0 saturated heterocycles. The number of nitro benzene ring substituents is 1. The van der Waals surface area contributed by atoms with Crippen LogP contribution in [0.4, 0.5) is 15.8 Å². The van der Waals surface area contributed by atoms with Crippen molar-refractivity contribution in [3.05, 3.63) is 54.9 Å². The highest BCUT2D eigenvalue weighted by atomic mass is 32.2. The molecule has 12 heteroatoms. The second kappa shape index (κ2) is 9.98. The molecule has 0 spiro atoms. The van der Waals surface area contributed by atoms with E-state index in [0.717, 1.165) is 55.1 Å². The second-order valence-electron chi connectivity index (χ2n) is 7.50. The molecule has 1 N–H and O–H groups in total. The topological polar surface area (TPSA) is 116 Å².